The van der Waals surface area contributed by atoms with Gasteiger partial charge in [0.1, 0.15) is 5.82 Å². The number of rotatable bonds is 3. The van der Waals surface area contributed by atoms with Crippen molar-refractivity contribution in [3.8, 4) is 0 Å². The van der Waals surface area contributed by atoms with Crippen molar-refractivity contribution < 1.29 is 4.39 Å². The summed E-state index contributed by atoms with van der Waals surface area (Å²) in [5, 5.41) is 0. The van der Waals surface area contributed by atoms with Gasteiger partial charge in [-0.25, -0.2) is 4.39 Å². The number of aromatic nitrogens is 1. The second-order valence-electron chi connectivity index (χ2n) is 5.36. The van der Waals surface area contributed by atoms with Crippen LogP contribution in [0.1, 0.15) is 36.6 Å². The molecule has 2 heterocycles. The van der Waals surface area contributed by atoms with E-state index in [0.29, 0.717) is 6.04 Å². The van der Waals surface area contributed by atoms with Crippen molar-refractivity contribution in [3.63, 3.8) is 0 Å². The van der Waals surface area contributed by atoms with Gasteiger partial charge >= 0.3 is 0 Å². The van der Waals surface area contributed by atoms with Crippen LogP contribution in [0.15, 0.2) is 48.7 Å². The average molecular weight is 270 g/mol. The highest BCUT2D eigenvalue weighted by atomic mass is 19.1. The van der Waals surface area contributed by atoms with Gasteiger partial charge < -0.3 is 0 Å². The smallest absolute Gasteiger partial charge is 0.123 e. The first-order valence-corrected chi connectivity index (χ1v) is 7.22. The summed E-state index contributed by atoms with van der Waals surface area (Å²) in [6, 6.07) is 13.3. The van der Waals surface area contributed by atoms with Gasteiger partial charge in [0.2, 0.25) is 0 Å². The zero-order chi connectivity index (χ0) is 13.8. The number of pyridine rings is 1. The molecule has 3 heteroatoms. The van der Waals surface area contributed by atoms with E-state index in [1.54, 1.807) is 12.1 Å². The molecule has 0 aliphatic carbocycles. The van der Waals surface area contributed by atoms with Gasteiger partial charge in [0.15, 0.2) is 0 Å². The molecule has 104 valence electrons. The van der Waals surface area contributed by atoms with E-state index in [2.05, 4.69) is 16.0 Å². The quantitative estimate of drug-likeness (QED) is 0.839. The van der Waals surface area contributed by atoms with Crippen molar-refractivity contribution in [1.29, 1.82) is 0 Å². The zero-order valence-electron chi connectivity index (χ0n) is 11.5. The van der Waals surface area contributed by atoms with Crippen molar-refractivity contribution in [2.24, 2.45) is 0 Å². The van der Waals surface area contributed by atoms with Crippen LogP contribution in [0.2, 0.25) is 0 Å². The SMILES string of the molecule is Fc1cccc(C2CCCCN2Cc2ccccn2)c1. The number of nitrogens with zero attached hydrogens (tertiary/aromatic N) is 2. The maximum Gasteiger partial charge on any atom is 0.123 e. The van der Waals surface area contributed by atoms with E-state index in [1.807, 2.05) is 24.4 Å². The van der Waals surface area contributed by atoms with Crippen LogP contribution < -0.4 is 0 Å². The fourth-order valence-corrected chi connectivity index (χ4v) is 2.97. The van der Waals surface area contributed by atoms with Crippen LogP contribution in [-0.2, 0) is 6.54 Å². The fraction of sp³-hybridized carbons (Fsp3) is 0.353. The van der Waals surface area contributed by atoms with Gasteiger partial charge in [0.05, 0.1) is 5.69 Å². The molecule has 1 saturated heterocycles. The number of hydrogen-bond acceptors (Lipinski definition) is 2. The Morgan fingerprint density at radius 3 is 2.90 bits per heavy atom. The molecule has 1 aromatic carbocycles. The molecule has 0 bridgehead atoms. The molecule has 1 aliphatic rings. The molecule has 0 amide bonds. The highest BCUT2D eigenvalue weighted by molar-refractivity contribution is 5.21. The maximum atomic E-state index is 13.4. The van der Waals surface area contributed by atoms with Gasteiger partial charge in [-0.3, -0.25) is 9.88 Å². The Balaban J connectivity index is 1.80. The Hall–Kier alpha value is -1.74. The Kier molecular flexibility index (Phi) is 4.07. The first-order chi connectivity index (χ1) is 9.83. The van der Waals surface area contributed by atoms with Crippen LogP contribution in [0.4, 0.5) is 4.39 Å². The lowest BCUT2D eigenvalue weighted by molar-refractivity contribution is 0.138. The Bertz CT molecular complexity index is 556. The molecule has 1 fully saturated rings. The first-order valence-electron chi connectivity index (χ1n) is 7.22. The largest absolute Gasteiger partial charge is 0.291 e. The topological polar surface area (TPSA) is 16.1 Å². The molecular weight excluding hydrogens is 251 g/mol. The van der Waals surface area contributed by atoms with Crippen LogP contribution >= 0.6 is 0 Å². The third-order valence-corrected chi connectivity index (χ3v) is 3.94. The maximum absolute atomic E-state index is 13.4. The highest BCUT2D eigenvalue weighted by Crippen LogP contribution is 2.32. The minimum absolute atomic E-state index is 0.147. The van der Waals surface area contributed by atoms with Crippen molar-refractivity contribution in [1.82, 2.24) is 9.88 Å². The summed E-state index contributed by atoms with van der Waals surface area (Å²) in [5.41, 5.74) is 2.16. The highest BCUT2D eigenvalue weighted by Gasteiger charge is 2.24. The van der Waals surface area contributed by atoms with E-state index < -0.39 is 0 Å². The van der Waals surface area contributed by atoms with Gasteiger partial charge in [-0.15, -0.1) is 0 Å². The lowest BCUT2D eigenvalue weighted by Gasteiger charge is -2.35. The monoisotopic (exact) mass is 270 g/mol. The van der Waals surface area contributed by atoms with E-state index >= 15 is 0 Å². The molecule has 1 aliphatic heterocycles. The number of halogens is 1. The van der Waals surface area contributed by atoms with Crippen molar-refractivity contribution in [2.75, 3.05) is 6.54 Å². The molecule has 20 heavy (non-hydrogen) atoms. The predicted octanol–water partition coefficient (Wildman–Crippen LogP) is 3.95. The molecular formula is C17H19FN2. The molecule has 1 aromatic heterocycles. The Morgan fingerprint density at radius 1 is 1.15 bits per heavy atom. The van der Waals surface area contributed by atoms with Gasteiger partial charge in [-0.1, -0.05) is 24.6 Å². The molecule has 3 rings (SSSR count). The number of piperidine rings is 1. The van der Waals surface area contributed by atoms with E-state index in [1.165, 1.54) is 18.9 Å². The molecule has 1 atom stereocenters. The third kappa shape index (κ3) is 3.05. The molecule has 0 radical (unpaired) electrons. The van der Waals surface area contributed by atoms with E-state index in [4.69, 9.17) is 0 Å². The number of benzene rings is 1. The minimum Gasteiger partial charge on any atom is -0.291 e. The van der Waals surface area contributed by atoms with Crippen molar-refractivity contribution in [3.05, 3.63) is 65.7 Å². The summed E-state index contributed by atoms with van der Waals surface area (Å²) in [5.74, 6) is -0.147. The third-order valence-electron chi connectivity index (χ3n) is 3.94. The number of likely N-dealkylation sites (tertiary alicyclic amines) is 1. The second-order valence-corrected chi connectivity index (χ2v) is 5.36. The summed E-state index contributed by atoms with van der Waals surface area (Å²) >= 11 is 0. The lowest BCUT2D eigenvalue weighted by Crippen LogP contribution is -2.33. The Morgan fingerprint density at radius 2 is 2.10 bits per heavy atom. The van der Waals surface area contributed by atoms with Crippen molar-refractivity contribution in [2.45, 2.75) is 31.8 Å². The lowest BCUT2D eigenvalue weighted by atomic mass is 9.95. The summed E-state index contributed by atoms with van der Waals surface area (Å²) in [4.78, 5) is 6.82. The van der Waals surface area contributed by atoms with E-state index in [0.717, 1.165) is 30.8 Å². The van der Waals surface area contributed by atoms with Crippen LogP contribution in [0, 0.1) is 5.82 Å². The van der Waals surface area contributed by atoms with Crippen molar-refractivity contribution >= 4 is 0 Å². The molecule has 2 nitrogen and oxygen atoms in total. The van der Waals surface area contributed by atoms with E-state index in [9.17, 15) is 4.39 Å². The normalized spacial score (nSPS) is 19.9. The average Bonchev–Trinajstić information content (AvgIpc) is 2.49. The van der Waals surface area contributed by atoms with Gasteiger partial charge in [0.25, 0.3) is 0 Å². The van der Waals surface area contributed by atoms with Crippen LogP contribution in [0.5, 0.6) is 0 Å². The molecule has 0 N–H and O–H groups in total. The minimum atomic E-state index is -0.147. The van der Waals surface area contributed by atoms with E-state index in [-0.39, 0.29) is 5.82 Å². The summed E-state index contributed by atoms with van der Waals surface area (Å²) < 4.78 is 13.4. The molecule has 1 unspecified atom stereocenters. The van der Waals surface area contributed by atoms with Gasteiger partial charge in [-0.05, 0) is 49.2 Å². The summed E-state index contributed by atoms with van der Waals surface area (Å²) in [6.07, 6.45) is 5.34. The Labute approximate surface area is 119 Å². The van der Waals surface area contributed by atoms with Crippen LogP contribution in [0.3, 0.4) is 0 Å². The van der Waals surface area contributed by atoms with Gasteiger partial charge in [0, 0.05) is 18.8 Å². The molecule has 2 aromatic rings. The van der Waals surface area contributed by atoms with Crippen LogP contribution in [0.25, 0.3) is 0 Å². The first kappa shape index (κ1) is 13.3. The predicted molar refractivity (Wildman–Crippen MR) is 77.6 cm³/mol. The van der Waals surface area contributed by atoms with Gasteiger partial charge in [-0.2, -0.15) is 0 Å². The van der Waals surface area contributed by atoms with Crippen LogP contribution in [-0.4, -0.2) is 16.4 Å². The zero-order valence-corrected chi connectivity index (χ0v) is 11.5. The molecule has 0 saturated carbocycles. The standard InChI is InChI=1S/C17H19FN2/c18-15-7-5-6-14(12-15)17-9-2-4-11-20(17)13-16-8-1-3-10-19-16/h1,3,5-8,10,12,17H,2,4,9,11,13H2. The molecule has 0 spiro atoms. The fourth-order valence-electron chi connectivity index (χ4n) is 2.97. The number of hydrogen-bond donors (Lipinski definition) is 0. The second kappa shape index (κ2) is 6.14. The summed E-state index contributed by atoms with van der Waals surface area (Å²) in [6.45, 7) is 1.89. The summed E-state index contributed by atoms with van der Waals surface area (Å²) in [7, 11) is 0.